The molecule has 0 unspecified atom stereocenters. The number of aromatic nitrogens is 1. The van der Waals surface area contributed by atoms with Crippen molar-refractivity contribution in [2.24, 2.45) is 0 Å². The highest BCUT2D eigenvalue weighted by molar-refractivity contribution is 6.29. The second kappa shape index (κ2) is 9.18. The van der Waals surface area contributed by atoms with Crippen molar-refractivity contribution in [1.29, 1.82) is 0 Å². The number of unbranched alkanes of at least 4 members (excludes halogenated alkanes) is 2. The maximum atomic E-state index is 6.08. The lowest BCUT2D eigenvalue weighted by molar-refractivity contribution is 0.335. The largest absolute Gasteiger partial charge is 0.261 e. The molecule has 1 aromatic rings. The Hall–Kier alpha value is -0.820. The Morgan fingerprint density at radius 2 is 1.85 bits per heavy atom. The highest BCUT2D eigenvalue weighted by Gasteiger charge is 2.31. The zero-order valence-corrected chi connectivity index (χ0v) is 13.9. The standard InChI is InChI=1S/C18H28ClN/c1-4-6-12-18(13-7-5-2,14-11-16(3)19)17-10-8-9-15-20-17/h8-11,15H,4-7,12-14H2,1-3H3/b16-11+. The van der Waals surface area contributed by atoms with E-state index < -0.39 is 0 Å². The van der Waals surface area contributed by atoms with Crippen LogP contribution in [0.15, 0.2) is 35.5 Å². The number of rotatable bonds is 9. The fraction of sp³-hybridized carbons (Fsp3) is 0.611. The third-order valence-corrected chi connectivity index (χ3v) is 4.15. The van der Waals surface area contributed by atoms with Gasteiger partial charge < -0.3 is 0 Å². The molecule has 112 valence electrons. The zero-order chi connectivity index (χ0) is 14.8. The van der Waals surface area contributed by atoms with Crippen LogP contribution in [0, 0.1) is 0 Å². The maximum Gasteiger partial charge on any atom is 0.0468 e. The predicted molar refractivity (Wildman–Crippen MR) is 89.2 cm³/mol. The quantitative estimate of drug-likeness (QED) is 0.525. The van der Waals surface area contributed by atoms with Gasteiger partial charge in [-0.2, -0.15) is 0 Å². The number of pyridine rings is 1. The van der Waals surface area contributed by atoms with Crippen molar-refractivity contribution in [3.05, 3.63) is 41.2 Å². The Bertz CT molecular complexity index is 385. The van der Waals surface area contributed by atoms with Gasteiger partial charge in [-0.05, 0) is 38.3 Å². The summed E-state index contributed by atoms with van der Waals surface area (Å²) >= 11 is 6.08. The van der Waals surface area contributed by atoms with Gasteiger partial charge in [-0.25, -0.2) is 0 Å². The third kappa shape index (κ3) is 5.28. The number of allylic oxidation sites excluding steroid dienone is 2. The van der Waals surface area contributed by atoms with Crippen LogP contribution in [0.3, 0.4) is 0 Å². The van der Waals surface area contributed by atoms with E-state index in [0.29, 0.717) is 0 Å². The summed E-state index contributed by atoms with van der Waals surface area (Å²) in [6.07, 6.45) is 12.4. The molecule has 0 N–H and O–H groups in total. The Balaban J connectivity index is 3.06. The first-order valence-electron chi connectivity index (χ1n) is 7.88. The molecule has 0 saturated carbocycles. The van der Waals surface area contributed by atoms with Crippen molar-refractivity contribution < 1.29 is 0 Å². The summed E-state index contributed by atoms with van der Waals surface area (Å²) in [6.45, 7) is 6.47. The lowest BCUT2D eigenvalue weighted by atomic mass is 9.72. The third-order valence-electron chi connectivity index (χ3n) is 4.00. The van der Waals surface area contributed by atoms with E-state index in [0.717, 1.165) is 11.5 Å². The minimum Gasteiger partial charge on any atom is -0.261 e. The molecule has 0 saturated heterocycles. The minimum atomic E-state index is 0.156. The van der Waals surface area contributed by atoms with Crippen LogP contribution in [0.25, 0.3) is 0 Å². The molecule has 20 heavy (non-hydrogen) atoms. The van der Waals surface area contributed by atoms with Gasteiger partial charge >= 0.3 is 0 Å². The van der Waals surface area contributed by atoms with E-state index in [1.165, 1.54) is 44.2 Å². The summed E-state index contributed by atoms with van der Waals surface area (Å²) in [5.74, 6) is 0. The first kappa shape index (κ1) is 17.2. The van der Waals surface area contributed by atoms with Crippen molar-refractivity contribution in [2.45, 2.75) is 71.1 Å². The number of hydrogen-bond donors (Lipinski definition) is 0. The molecule has 0 aromatic carbocycles. The Labute approximate surface area is 129 Å². The molecule has 0 aliphatic rings. The molecule has 2 heteroatoms. The maximum absolute atomic E-state index is 6.08. The summed E-state index contributed by atoms with van der Waals surface area (Å²) < 4.78 is 0. The van der Waals surface area contributed by atoms with E-state index in [1.807, 2.05) is 19.2 Å². The van der Waals surface area contributed by atoms with Crippen LogP contribution in [-0.2, 0) is 5.41 Å². The van der Waals surface area contributed by atoms with Crippen molar-refractivity contribution in [1.82, 2.24) is 4.98 Å². The van der Waals surface area contributed by atoms with Crippen molar-refractivity contribution >= 4 is 11.6 Å². The molecule has 1 nitrogen and oxygen atoms in total. The van der Waals surface area contributed by atoms with E-state index in [9.17, 15) is 0 Å². The smallest absolute Gasteiger partial charge is 0.0468 e. The van der Waals surface area contributed by atoms with Crippen LogP contribution in [0.1, 0.15) is 71.4 Å². The van der Waals surface area contributed by atoms with Crippen LogP contribution in [-0.4, -0.2) is 4.98 Å². The SMILES string of the molecule is CCCCC(C/C=C(\C)Cl)(CCCC)c1ccccn1. The molecule has 1 rings (SSSR count). The molecule has 0 aliphatic carbocycles. The van der Waals surface area contributed by atoms with Gasteiger partial charge in [0.05, 0.1) is 0 Å². The molecule has 1 aromatic heterocycles. The van der Waals surface area contributed by atoms with Gasteiger partial charge in [0.1, 0.15) is 0 Å². The first-order valence-corrected chi connectivity index (χ1v) is 8.26. The predicted octanol–water partition coefficient (Wildman–Crippen LogP) is 6.23. The molecular weight excluding hydrogens is 266 g/mol. The van der Waals surface area contributed by atoms with Crippen LogP contribution in [0.2, 0.25) is 0 Å². The first-order chi connectivity index (χ1) is 9.64. The molecular formula is C18H28ClN. The molecule has 0 aliphatic heterocycles. The van der Waals surface area contributed by atoms with Crippen LogP contribution < -0.4 is 0 Å². The molecule has 0 bridgehead atoms. The highest BCUT2D eigenvalue weighted by Crippen LogP contribution is 2.38. The zero-order valence-electron chi connectivity index (χ0n) is 13.2. The van der Waals surface area contributed by atoms with Crippen molar-refractivity contribution in [2.75, 3.05) is 0 Å². The van der Waals surface area contributed by atoms with Crippen LogP contribution in [0.5, 0.6) is 0 Å². The average Bonchev–Trinajstić information content (AvgIpc) is 2.48. The second-order valence-corrected chi connectivity index (χ2v) is 6.29. The summed E-state index contributed by atoms with van der Waals surface area (Å²) in [4.78, 5) is 4.66. The van der Waals surface area contributed by atoms with Gasteiger partial charge in [0.15, 0.2) is 0 Å². The Morgan fingerprint density at radius 3 is 2.30 bits per heavy atom. The Kier molecular flexibility index (Phi) is 7.91. The van der Waals surface area contributed by atoms with Gasteiger partial charge in [-0.3, -0.25) is 4.98 Å². The normalized spacial score (nSPS) is 12.7. The van der Waals surface area contributed by atoms with Gasteiger partial charge in [-0.15, -0.1) is 0 Å². The average molecular weight is 294 g/mol. The topological polar surface area (TPSA) is 12.9 Å². The van der Waals surface area contributed by atoms with Crippen molar-refractivity contribution in [3.8, 4) is 0 Å². The fourth-order valence-corrected chi connectivity index (χ4v) is 2.81. The van der Waals surface area contributed by atoms with Crippen molar-refractivity contribution in [3.63, 3.8) is 0 Å². The van der Waals surface area contributed by atoms with E-state index >= 15 is 0 Å². The lowest BCUT2D eigenvalue weighted by Gasteiger charge is -2.33. The van der Waals surface area contributed by atoms with Crippen LogP contribution >= 0.6 is 11.6 Å². The number of halogens is 1. The summed E-state index contributed by atoms with van der Waals surface area (Å²) in [5.41, 5.74) is 1.39. The molecule has 0 atom stereocenters. The molecule has 0 radical (unpaired) electrons. The van der Waals surface area contributed by atoms with E-state index in [2.05, 4.69) is 37.0 Å². The van der Waals surface area contributed by atoms with Crippen LogP contribution in [0.4, 0.5) is 0 Å². The number of hydrogen-bond acceptors (Lipinski definition) is 1. The van der Waals surface area contributed by atoms with Gasteiger partial charge in [0.2, 0.25) is 0 Å². The van der Waals surface area contributed by atoms with Gasteiger partial charge in [-0.1, -0.05) is 63.3 Å². The number of nitrogens with zero attached hydrogens (tertiary/aromatic N) is 1. The highest BCUT2D eigenvalue weighted by atomic mass is 35.5. The van der Waals surface area contributed by atoms with Gasteiger partial charge in [0.25, 0.3) is 0 Å². The minimum absolute atomic E-state index is 0.156. The molecule has 0 spiro atoms. The summed E-state index contributed by atoms with van der Waals surface area (Å²) in [5, 5.41) is 0.887. The van der Waals surface area contributed by atoms with E-state index in [-0.39, 0.29) is 5.41 Å². The summed E-state index contributed by atoms with van der Waals surface area (Å²) in [7, 11) is 0. The molecule has 1 heterocycles. The molecule has 0 fully saturated rings. The fourth-order valence-electron chi connectivity index (χ4n) is 2.73. The van der Waals surface area contributed by atoms with E-state index in [1.54, 1.807) is 0 Å². The van der Waals surface area contributed by atoms with Gasteiger partial charge in [0, 0.05) is 22.3 Å². The second-order valence-electron chi connectivity index (χ2n) is 5.70. The Morgan fingerprint density at radius 1 is 1.20 bits per heavy atom. The summed E-state index contributed by atoms with van der Waals surface area (Å²) in [6, 6.07) is 6.28. The lowest BCUT2D eigenvalue weighted by Crippen LogP contribution is -2.27. The van der Waals surface area contributed by atoms with E-state index in [4.69, 9.17) is 11.6 Å². The monoisotopic (exact) mass is 293 g/mol. The molecule has 0 amide bonds.